The molecule has 2 aliphatic carbocycles. The summed E-state index contributed by atoms with van der Waals surface area (Å²) >= 11 is 0. The lowest BCUT2D eigenvalue weighted by Crippen LogP contribution is -2.52. The van der Waals surface area contributed by atoms with Crippen molar-refractivity contribution in [2.45, 2.75) is 107 Å². The summed E-state index contributed by atoms with van der Waals surface area (Å²) in [6.45, 7) is 3.15. The number of halogens is 1. The maximum atomic E-state index is 14.8. The Morgan fingerprint density at radius 3 is 1.49 bits per heavy atom. The number of unbranched alkanes of at least 4 members (excludes halogenated alkanes) is 1. The van der Waals surface area contributed by atoms with Gasteiger partial charge >= 0.3 is 5.97 Å². The minimum Gasteiger partial charge on any atom is -0.493 e. The van der Waals surface area contributed by atoms with E-state index in [4.69, 9.17) is 74.2 Å². The van der Waals surface area contributed by atoms with E-state index in [-0.39, 0.29) is 92.8 Å². The van der Waals surface area contributed by atoms with Crippen LogP contribution in [-0.4, -0.2) is 166 Å². The smallest absolute Gasteiger partial charge is 0.306 e. The van der Waals surface area contributed by atoms with Crippen molar-refractivity contribution in [1.29, 1.82) is 0 Å². The number of ether oxygens (including phenoxy) is 13. The van der Waals surface area contributed by atoms with E-state index in [1.807, 2.05) is 133 Å². The number of rotatable bonds is 44. The Hall–Kier alpha value is -12.2. The van der Waals surface area contributed by atoms with E-state index >= 15 is 0 Å². The van der Waals surface area contributed by atoms with Gasteiger partial charge in [0, 0.05) is 47.9 Å². The molecule has 0 heterocycles. The molecule has 0 saturated carbocycles. The fraction of sp³-hybridized carbons (Fsp3) is 0.375. The number of nitrogens with zero attached hydrogens (tertiary/aromatic N) is 3. The number of nitrogens with two attached hydrogens (primary N) is 1. The van der Waals surface area contributed by atoms with Gasteiger partial charge in [0.15, 0.2) is 40.3 Å². The summed E-state index contributed by atoms with van der Waals surface area (Å²) in [5.41, 5.74) is 25.4. The number of hydrogen-bond acceptors (Lipinski definition) is 22. The van der Waals surface area contributed by atoms with Crippen molar-refractivity contribution < 1.29 is 86.5 Å². The van der Waals surface area contributed by atoms with Crippen LogP contribution in [0.4, 0.5) is 4.39 Å². The number of amides is 2. The first-order valence-corrected chi connectivity index (χ1v) is 40.8. The molecule has 123 heavy (non-hydrogen) atoms. The number of Topliss-reactive ketones (excluding diaryl/α,β-unsaturated/α-hetero) is 1. The van der Waals surface area contributed by atoms with Crippen molar-refractivity contribution in [1.82, 2.24) is 16.0 Å². The molecular weight excluding hydrogens is 1570 g/mol. The molecule has 5 N–H and O–H groups in total. The van der Waals surface area contributed by atoms with Gasteiger partial charge in [0.25, 0.3) is 0 Å². The van der Waals surface area contributed by atoms with Crippen LogP contribution < -0.4 is 70.4 Å². The number of nitrogens with one attached hydrogen (secondary N) is 3. The standard InChI is InChI=1S/C75H86N6O14.C20H23NO5.CH3F/c1-87-67-35-34-61-62(51-66(67)83)56(32-33-57-49-68(88-2)72(89-3)73(90-4)71(57)61)50-70(85)95-52-55-30-28-54(29-31-55)48-65(82)63(27-17-18-37-77-75(58-21-11-6-12-22-58,59-23-13-7-14-24-59)60-25-15-8-16-26-60)80-74(86)64(47-53-19-9-5-10-20-53)79-69(84)36-39-91-41-43-93-45-46-94-44-42-92-40-38-78-81-76;1-23-16-8-6-12-13(10-15(16)22)14(21)7-5-11-9-17(24-2)19(25-3)20(26-4)18(11)12;1-2/h5-16,19-26,28-31,34-35,49,51,56,63-64,77H,17-18,27,32-33,36-48,50,52H2,1-4H3,(H,79,84)(H,80,86);6,8-10,14H,5,7,21H2,1-4H3;1H3/t56-,63?,64-;14-;/m10./s1/i;;1D. The molecule has 2 aliphatic rings. The van der Waals surface area contributed by atoms with Crippen LogP contribution in [0.15, 0.2) is 209 Å². The molecule has 1 unspecified atom stereocenters. The van der Waals surface area contributed by atoms with Crippen molar-refractivity contribution in [2.24, 2.45) is 10.8 Å². The van der Waals surface area contributed by atoms with E-state index in [0.717, 1.165) is 62.1 Å². The first kappa shape index (κ1) is 93.1. The van der Waals surface area contributed by atoms with Gasteiger partial charge in [-0.2, -0.15) is 0 Å². The highest BCUT2D eigenvalue weighted by molar-refractivity contribution is 5.94. The predicted molar refractivity (Wildman–Crippen MR) is 469 cm³/mol. The van der Waals surface area contributed by atoms with Crippen molar-refractivity contribution in [3.8, 4) is 68.2 Å². The van der Waals surface area contributed by atoms with E-state index in [1.165, 1.54) is 27.4 Å². The van der Waals surface area contributed by atoms with Crippen LogP contribution in [0.5, 0.6) is 46.0 Å². The molecule has 0 aliphatic heterocycles. The molecular formula is C96H112FN7O19. The molecule has 0 radical (unpaired) electrons. The average molecular weight is 1690 g/mol. The molecule has 2 amide bonds. The third-order valence-corrected chi connectivity index (χ3v) is 21.4. The normalized spacial score (nSPS) is 13.5. The zero-order chi connectivity index (χ0) is 88.6. The van der Waals surface area contributed by atoms with Crippen molar-refractivity contribution in [3.63, 3.8) is 0 Å². The van der Waals surface area contributed by atoms with E-state index in [2.05, 4.69) is 62.4 Å². The van der Waals surface area contributed by atoms with Crippen LogP contribution >= 0.6 is 0 Å². The van der Waals surface area contributed by atoms with E-state index in [9.17, 15) is 33.2 Å². The Morgan fingerprint density at radius 1 is 0.528 bits per heavy atom. The highest BCUT2D eigenvalue weighted by Gasteiger charge is 2.37. The Kier molecular flexibility index (Phi) is 37.6. The summed E-state index contributed by atoms with van der Waals surface area (Å²) in [6, 6.07) is 59.3. The molecule has 11 rings (SSSR count). The first-order valence-electron chi connectivity index (χ1n) is 41.5. The molecule has 0 aromatic heterocycles. The zero-order valence-electron chi connectivity index (χ0n) is 72.1. The van der Waals surface area contributed by atoms with Crippen LogP contribution in [-0.2, 0) is 80.7 Å². The highest BCUT2D eigenvalue weighted by atomic mass is 19.1. The number of fused-ring (bicyclic) bond motifs is 6. The third kappa shape index (κ3) is 25.7. The number of esters is 1. The van der Waals surface area contributed by atoms with Gasteiger partial charge in [-0.3, -0.25) is 38.5 Å². The number of carbonyl (C=O) groups is 4. The lowest BCUT2D eigenvalue weighted by atomic mass is 9.77. The van der Waals surface area contributed by atoms with Gasteiger partial charge in [-0.15, -0.1) is 0 Å². The minimum absolute atomic E-state index is 0.0155. The van der Waals surface area contributed by atoms with Crippen LogP contribution in [0.2, 0.25) is 0 Å². The second kappa shape index (κ2) is 49.6. The summed E-state index contributed by atoms with van der Waals surface area (Å²) in [7, 11) is 11.3. The van der Waals surface area contributed by atoms with Gasteiger partial charge in [0.2, 0.25) is 34.2 Å². The molecule has 9 aromatic carbocycles. The van der Waals surface area contributed by atoms with Crippen molar-refractivity contribution in [3.05, 3.63) is 281 Å². The summed E-state index contributed by atoms with van der Waals surface area (Å²) in [6.07, 6.45) is 4.12. The number of benzene rings is 7. The fourth-order valence-corrected chi connectivity index (χ4v) is 15.4. The summed E-state index contributed by atoms with van der Waals surface area (Å²) in [5.74, 6) is 1.44. The summed E-state index contributed by atoms with van der Waals surface area (Å²) in [5, 5.41) is 13.4. The zero-order valence-corrected chi connectivity index (χ0v) is 71.1. The maximum Gasteiger partial charge on any atom is 0.306 e. The van der Waals surface area contributed by atoms with Gasteiger partial charge in [-0.1, -0.05) is 163 Å². The second-order valence-electron chi connectivity index (χ2n) is 28.9. The van der Waals surface area contributed by atoms with Crippen LogP contribution in [0, 0.1) is 0 Å². The third-order valence-electron chi connectivity index (χ3n) is 21.4. The van der Waals surface area contributed by atoms with E-state index in [1.54, 1.807) is 53.7 Å². The number of alkyl halides is 1. The number of aryl methyl sites for hydroxylation is 2. The number of ketones is 1. The molecule has 4 atom stereocenters. The maximum absolute atomic E-state index is 14.8. The predicted octanol–water partition coefficient (Wildman–Crippen LogP) is 14.0. The van der Waals surface area contributed by atoms with Crippen LogP contribution in [0.25, 0.3) is 32.7 Å². The quantitative estimate of drug-likeness (QED) is 0.00688. The van der Waals surface area contributed by atoms with Crippen LogP contribution in [0.1, 0.15) is 114 Å². The monoisotopic (exact) mass is 1690 g/mol. The van der Waals surface area contributed by atoms with E-state index in [0.29, 0.717) is 135 Å². The van der Waals surface area contributed by atoms with Gasteiger partial charge in [-0.25, -0.2) is 0 Å². The largest absolute Gasteiger partial charge is 0.493 e. The number of azide groups is 1. The topological polar surface area (TPSA) is 333 Å². The van der Waals surface area contributed by atoms with E-state index < -0.39 is 48.5 Å². The molecule has 9 aromatic rings. The Morgan fingerprint density at radius 2 is 0.992 bits per heavy atom. The Balaban J connectivity index is 0.000000504. The number of methoxy groups -OCH3 is 8. The van der Waals surface area contributed by atoms with Gasteiger partial charge in [0.05, 0.1) is 136 Å². The molecule has 0 saturated heterocycles. The number of carbonyl (C=O) groups excluding carboxylic acids is 4. The number of hydrogen-bond donors (Lipinski definition) is 4. The average Bonchev–Trinajstić information content (AvgIpc) is 1.18. The molecule has 0 bridgehead atoms. The summed E-state index contributed by atoms with van der Waals surface area (Å²) in [4.78, 5) is 85.5. The molecule has 0 fully saturated rings. The lowest BCUT2D eigenvalue weighted by Gasteiger charge is -2.37. The summed E-state index contributed by atoms with van der Waals surface area (Å²) < 4.78 is 88.2. The van der Waals surface area contributed by atoms with Crippen molar-refractivity contribution >= 4 is 23.6 Å². The van der Waals surface area contributed by atoms with Gasteiger partial charge < -0.3 is 77.9 Å². The molecule has 27 heteroatoms. The first-order chi connectivity index (χ1) is 60.5. The molecule has 652 valence electrons. The SMILES string of the molecule is COc1cc2c(c(OC)c1OC)-c1ccc(OC)c(=O)cc1[C@@H](CC(=O)OCc1ccc(CC(=O)C(CCCCNC(c3ccccc3)(c3ccccc3)c3ccccc3)NC(=O)[C@@H](Cc3ccccc3)NC(=O)CCOCCOCCOCCOCCN=[N+]=[N-])cc1)CC2.COc1cc2c(c(OC)c1OC)-c1ccc(OC)c(=O)cc1[C@@H](N)CC2.[2H]CF. The minimum atomic E-state index is -1.02. The fourth-order valence-electron chi connectivity index (χ4n) is 15.4. The van der Waals surface area contributed by atoms with Gasteiger partial charge in [0.1, 0.15) is 12.6 Å². The second-order valence-corrected chi connectivity index (χ2v) is 28.9. The molecule has 26 nitrogen and oxygen atoms in total. The van der Waals surface area contributed by atoms with Crippen LogP contribution in [0.3, 0.4) is 0 Å². The highest BCUT2D eigenvalue weighted by Crippen LogP contribution is 2.53. The molecule has 0 spiro atoms. The van der Waals surface area contributed by atoms with Gasteiger partial charge in [-0.05, 0) is 166 Å². The van der Waals surface area contributed by atoms with Crippen molar-refractivity contribution in [2.75, 3.05) is 130 Å². The Labute approximate surface area is 719 Å². The Bertz CT molecular complexity index is 5000. The lowest BCUT2D eigenvalue weighted by molar-refractivity contribution is -0.145.